The first-order valence-electron chi connectivity index (χ1n) is 4.16. The molecule has 2 aliphatic rings. The van der Waals surface area contributed by atoms with Crippen LogP contribution in [0, 0.1) is 0 Å². The van der Waals surface area contributed by atoms with Gasteiger partial charge in [-0.15, -0.1) is 0 Å². The highest BCUT2D eigenvalue weighted by Gasteiger charge is 2.55. The van der Waals surface area contributed by atoms with Gasteiger partial charge in [0, 0.05) is 6.54 Å². The van der Waals surface area contributed by atoms with Crippen molar-refractivity contribution in [2.24, 2.45) is 0 Å². The minimum absolute atomic E-state index is 0.0600. The lowest BCUT2D eigenvalue weighted by atomic mass is 9.99. The molecular formula is C8H13NO3. The molecule has 1 amide bonds. The molecule has 0 spiro atoms. The third kappa shape index (κ3) is 1.06. The van der Waals surface area contributed by atoms with Crippen LogP contribution in [0.1, 0.15) is 13.3 Å². The number of carbonyl (C=O) groups excluding carboxylic acids is 1. The number of ether oxygens (including phenoxy) is 2. The fraction of sp³-hybridized carbons (Fsp3) is 0.875. The van der Waals surface area contributed by atoms with Crippen LogP contribution >= 0.6 is 0 Å². The second-order valence-electron chi connectivity index (χ2n) is 3.59. The molecule has 68 valence electrons. The highest BCUT2D eigenvalue weighted by molar-refractivity contribution is 5.67. The molecule has 2 heterocycles. The first-order valence-corrected chi connectivity index (χ1v) is 4.16. The van der Waals surface area contributed by atoms with E-state index < -0.39 is 0 Å². The van der Waals surface area contributed by atoms with E-state index in [2.05, 4.69) is 11.7 Å². The average molecular weight is 171 g/mol. The second-order valence-corrected chi connectivity index (χ2v) is 3.59. The maximum atomic E-state index is 11.1. The molecule has 0 aromatic rings. The molecule has 0 saturated carbocycles. The quantitative estimate of drug-likeness (QED) is 0.502. The number of hydrogen-bond donors (Lipinski definition) is 0. The van der Waals surface area contributed by atoms with Gasteiger partial charge in [-0.05, 0) is 13.3 Å². The van der Waals surface area contributed by atoms with Crippen molar-refractivity contribution in [3.8, 4) is 0 Å². The standard InChI is InChI=1S/C8H13NO3/c1-8-3-4-9(7(10)11-2)5-6(8)12-8/h6H,3-5H2,1-2H3. The van der Waals surface area contributed by atoms with Crippen LogP contribution in [0.2, 0.25) is 0 Å². The SMILES string of the molecule is COC(=O)N1CCC2(C)OC2C1. The number of hydrogen-bond acceptors (Lipinski definition) is 3. The monoisotopic (exact) mass is 171 g/mol. The Balaban J connectivity index is 1.93. The van der Waals surface area contributed by atoms with E-state index in [-0.39, 0.29) is 17.8 Å². The Morgan fingerprint density at radius 1 is 1.75 bits per heavy atom. The molecule has 2 saturated heterocycles. The topological polar surface area (TPSA) is 42.1 Å². The van der Waals surface area contributed by atoms with Crippen LogP contribution in [0.5, 0.6) is 0 Å². The molecule has 2 rings (SSSR count). The summed E-state index contributed by atoms with van der Waals surface area (Å²) in [7, 11) is 1.41. The Hall–Kier alpha value is -0.770. The molecule has 4 heteroatoms. The summed E-state index contributed by atoms with van der Waals surface area (Å²) in [5, 5.41) is 0. The van der Waals surface area contributed by atoms with Crippen molar-refractivity contribution in [3.05, 3.63) is 0 Å². The van der Waals surface area contributed by atoms with E-state index in [4.69, 9.17) is 4.74 Å². The number of rotatable bonds is 0. The fourth-order valence-corrected chi connectivity index (χ4v) is 1.68. The normalized spacial score (nSPS) is 38.8. The number of piperidine rings is 1. The van der Waals surface area contributed by atoms with Gasteiger partial charge in [-0.2, -0.15) is 0 Å². The predicted octanol–water partition coefficient (Wildman–Crippen LogP) is 0.616. The Morgan fingerprint density at radius 2 is 2.50 bits per heavy atom. The molecule has 2 aliphatic heterocycles. The summed E-state index contributed by atoms with van der Waals surface area (Å²) in [6, 6.07) is 0. The van der Waals surface area contributed by atoms with Gasteiger partial charge in [0.05, 0.1) is 19.3 Å². The van der Waals surface area contributed by atoms with E-state index in [9.17, 15) is 4.79 Å². The summed E-state index contributed by atoms with van der Waals surface area (Å²) in [6.45, 7) is 3.52. The number of amides is 1. The largest absolute Gasteiger partial charge is 0.453 e. The smallest absolute Gasteiger partial charge is 0.409 e. The summed E-state index contributed by atoms with van der Waals surface area (Å²) in [5.74, 6) is 0. The number of fused-ring (bicyclic) bond motifs is 1. The Morgan fingerprint density at radius 3 is 3.08 bits per heavy atom. The summed E-state index contributed by atoms with van der Waals surface area (Å²) >= 11 is 0. The maximum absolute atomic E-state index is 11.1. The zero-order valence-electron chi connectivity index (χ0n) is 7.37. The first-order chi connectivity index (χ1) is 5.65. The molecule has 0 radical (unpaired) electrons. The molecule has 0 aliphatic carbocycles. The Bertz CT molecular complexity index is 218. The average Bonchev–Trinajstić information content (AvgIpc) is 2.73. The lowest BCUT2D eigenvalue weighted by Gasteiger charge is -2.25. The van der Waals surface area contributed by atoms with E-state index >= 15 is 0 Å². The fourth-order valence-electron chi connectivity index (χ4n) is 1.68. The van der Waals surface area contributed by atoms with Crippen LogP contribution < -0.4 is 0 Å². The van der Waals surface area contributed by atoms with Crippen molar-refractivity contribution < 1.29 is 14.3 Å². The zero-order valence-corrected chi connectivity index (χ0v) is 7.37. The van der Waals surface area contributed by atoms with Crippen LogP contribution in [0.4, 0.5) is 4.79 Å². The van der Waals surface area contributed by atoms with E-state index in [0.29, 0.717) is 6.54 Å². The van der Waals surface area contributed by atoms with Crippen LogP contribution in [-0.2, 0) is 9.47 Å². The Kier molecular flexibility index (Phi) is 1.54. The third-order valence-electron chi connectivity index (χ3n) is 2.73. The summed E-state index contributed by atoms with van der Waals surface area (Å²) in [5.41, 5.74) is 0.0600. The zero-order chi connectivity index (χ0) is 8.77. The molecule has 0 bridgehead atoms. The number of carbonyl (C=O) groups is 1. The molecule has 0 aromatic heterocycles. The predicted molar refractivity (Wildman–Crippen MR) is 41.9 cm³/mol. The summed E-state index contributed by atoms with van der Waals surface area (Å²) < 4.78 is 10.1. The van der Waals surface area contributed by atoms with Gasteiger partial charge in [-0.1, -0.05) is 0 Å². The van der Waals surface area contributed by atoms with Crippen LogP contribution in [0.3, 0.4) is 0 Å². The maximum Gasteiger partial charge on any atom is 0.409 e. The highest BCUT2D eigenvalue weighted by Crippen LogP contribution is 2.42. The molecule has 2 atom stereocenters. The molecule has 0 aromatic carbocycles. The van der Waals surface area contributed by atoms with Gasteiger partial charge in [0.1, 0.15) is 6.10 Å². The van der Waals surface area contributed by atoms with Crippen molar-refractivity contribution in [2.75, 3.05) is 20.2 Å². The summed E-state index contributed by atoms with van der Waals surface area (Å²) in [6.07, 6.45) is 0.921. The van der Waals surface area contributed by atoms with Gasteiger partial charge in [-0.3, -0.25) is 0 Å². The highest BCUT2D eigenvalue weighted by atomic mass is 16.6. The third-order valence-corrected chi connectivity index (χ3v) is 2.73. The lowest BCUT2D eigenvalue weighted by molar-refractivity contribution is 0.116. The number of epoxide rings is 1. The van der Waals surface area contributed by atoms with Gasteiger partial charge in [0.25, 0.3) is 0 Å². The van der Waals surface area contributed by atoms with Crippen molar-refractivity contribution in [1.29, 1.82) is 0 Å². The number of nitrogens with zero attached hydrogens (tertiary/aromatic N) is 1. The van der Waals surface area contributed by atoms with Gasteiger partial charge >= 0.3 is 6.09 Å². The number of methoxy groups -OCH3 is 1. The van der Waals surface area contributed by atoms with Crippen molar-refractivity contribution in [2.45, 2.75) is 25.0 Å². The van der Waals surface area contributed by atoms with Gasteiger partial charge in [0.15, 0.2) is 0 Å². The van der Waals surface area contributed by atoms with Gasteiger partial charge in [-0.25, -0.2) is 4.79 Å². The molecule has 4 nitrogen and oxygen atoms in total. The minimum Gasteiger partial charge on any atom is -0.453 e. The first kappa shape index (κ1) is 7.86. The van der Waals surface area contributed by atoms with Crippen LogP contribution in [-0.4, -0.2) is 42.9 Å². The molecule has 0 N–H and O–H groups in total. The van der Waals surface area contributed by atoms with Gasteiger partial charge < -0.3 is 14.4 Å². The van der Waals surface area contributed by atoms with E-state index in [0.717, 1.165) is 13.0 Å². The van der Waals surface area contributed by atoms with Crippen molar-refractivity contribution >= 4 is 6.09 Å². The lowest BCUT2D eigenvalue weighted by Crippen LogP contribution is -2.42. The summed E-state index contributed by atoms with van der Waals surface area (Å²) in [4.78, 5) is 12.8. The molecule has 2 fully saturated rings. The van der Waals surface area contributed by atoms with E-state index in [1.54, 1.807) is 4.90 Å². The van der Waals surface area contributed by atoms with Crippen LogP contribution in [0.15, 0.2) is 0 Å². The van der Waals surface area contributed by atoms with Crippen molar-refractivity contribution in [3.63, 3.8) is 0 Å². The van der Waals surface area contributed by atoms with E-state index in [1.165, 1.54) is 7.11 Å². The Labute approximate surface area is 71.4 Å². The molecular weight excluding hydrogens is 158 g/mol. The van der Waals surface area contributed by atoms with Gasteiger partial charge in [0.2, 0.25) is 0 Å². The molecule has 12 heavy (non-hydrogen) atoms. The second kappa shape index (κ2) is 2.36. The molecule has 2 unspecified atom stereocenters. The van der Waals surface area contributed by atoms with E-state index in [1.807, 2.05) is 0 Å². The van der Waals surface area contributed by atoms with Crippen LogP contribution in [0.25, 0.3) is 0 Å². The minimum atomic E-state index is -0.243. The van der Waals surface area contributed by atoms with Crippen molar-refractivity contribution in [1.82, 2.24) is 4.90 Å². The number of likely N-dealkylation sites (tertiary alicyclic amines) is 1.